The summed E-state index contributed by atoms with van der Waals surface area (Å²) in [6, 6.07) is 0. The van der Waals surface area contributed by atoms with Crippen molar-refractivity contribution in [1.29, 1.82) is 0 Å². The molecule has 9 nitrogen and oxygen atoms in total. The summed E-state index contributed by atoms with van der Waals surface area (Å²) in [5.74, 6) is -14.5. The maximum absolute atomic E-state index is 13.5. The molecule has 0 aromatic heterocycles. The molecule has 2 saturated heterocycles. The van der Waals surface area contributed by atoms with Gasteiger partial charge in [0, 0.05) is 0 Å². The number of carbonyl (C=O) groups is 4. The minimum absolute atomic E-state index is 2.09. The first-order chi connectivity index (χ1) is 14.3. The van der Waals surface area contributed by atoms with Crippen LogP contribution in [0.4, 0.5) is 43.9 Å². The molecule has 4 atom stereocenters. The van der Waals surface area contributed by atoms with Gasteiger partial charge in [-0.25, -0.2) is 28.0 Å². The summed E-state index contributed by atoms with van der Waals surface area (Å²) in [6.07, 6.45) is -31.6. The van der Waals surface area contributed by atoms with E-state index in [1.165, 1.54) is 0 Å². The van der Waals surface area contributed by atoms with Crippen molar-refractivity contribution in [3.05, 3.63) is 0 Å². The molecule has 2 aliphatic rings. The van der Waals surface area contributed by atoms with E-state index in [-0.39, 0.29) is 0 Å². The maximum atomic E-state index is 13.5. The molecule has 0 amide bonds. The Morgan fingerprint density at radius 2 is 1.00 bits per heavy atom. The average molecular weight is 496 g/mol. The molecule has 2 fully saturated rings. The Morgan fingerprint density at radius 3 is 1.34 bits per heavy atom. The molecule has 0 bridgehead atoms. The summed E-state index contributed by atoms with van der Waals surface area (Å²) in [7, 11) is 0. The van der Waals surface area contributed by atoms with Gasteiger partial charge in [-0.15, -0.1) is 0 Å². The Morgan fingerprint density at radius 1 is 0.625 bits per heavy atom. The first kappa shape index (κ1) is 25.7. The Bertz CT molecular complexity index is 750. The van der Waals surface area contributed by atoms with E-state index in [2.05, 4.69) is 23.7 Å². The normalized spacial score (nSPS) is 27.7. The van der Waals surface area contributed by atoms with Gasteiger partial charge in [0.1, 0.15) is 6.61 Å². The number of rotatable bonds is 9. The van der Waals surface area contributed by atoms with E-state index in [1.54, 1.807) is 0 Å². The van der Waals surface area contributed by atoms with Crippen LogP contribution in [0.3, 0.4) is 0 Å². The number of hydrogen-bond donors (Lipinski definition) is 0. The van der Waals surface area contributed by atoms with E-state index in [1.807, 2.05) is 0 Å². The molecule has 0 aromatic rings. The van der Waals surface area contributed by atoms with Gasteiger partial charge in [-0.05, 0) is 0 Å². The van der Waals surface area contributed by atoms with Crippen LogP contribution in [0, 0.1) is 0 Å². The zero-order valence-corrected chi connectivity index (χ0v) is 14.5. The molecule has 0 radical (unpaired) electrons. The van der Waals surface area contributed by atoms with Crippen molar-refractivity contribution in [3.63, 3.8) is 0 Å². The number of cyclic esters (lactones) is 4. The molecule has 3 unspecified atom stereocenters. The van der Waals surface area contributed by atoms with Gasteiger partial charge < -0.3 is 14.2 Å². The lowest BCUT2D eigenvalue weighted by molar-refractivity contribution is -0.453. The molecule has 0 aromatic carbocycles. The highest BCUT2D eigenvalue weighted by molar-refractivity contribution is 6.00. The summed E-state index contributed by atoms with van der Waals surface area (Å²) in [5.41, 5.74) is 0. The van der Waals surface area contributed by atoms with Gasteiger partial charge in [-0.3, -0.25) is 9.47 Å². The first-order valence-corrected chi connectivity index (χ1v) is 7.63. The van der Waals surface area contributed by atoms with Crippen LogP contribution in [0.2, 0.25) is 0 Å². The smallest absolute Gasteiger partial charge is 0.389 e. The van der Waals surface area contributed by atoms with E-state index in [0.717, 1.165) is 0 Å². The van der Waals surface area contributed by atoms with E-state index >= 15 is 0 Å². The minimum atomic E-state index is -6.26. The highest BCUT2D eigenvalue weighted by Crippen LogP contribution is 2.43. The molecule has 0 spiro atoms. The van der Waals surface area contributed by atoms with Crippen LogP contribution >= 0.6 is 0 Å². The van der Waals surface area contributed by atoms with Gasteiger partial charge >= 0.3 is 48.1 Å². The maximum Gasteiger partial charge on any atom is 0.449 e. The van der Waals surface area contributed by atoms with Crippen LogP contribution < -0.4 is 0 Å². The summed E-state index contributed by atoms with van der Waals surface area (Å²) in [4.78, 5) is 43.2. The molecule has 0 saturated carbocycles. The van der Waals surface area contributed by atoms with Gasteiger partial charge in [0.25, 0.3) is 0 Å². The molecular weight excluding hydrogens is 490 g/mol. The second kappa shape index (κ2) is 8.10. The van der Waals surface area contributed by atoms with Crippen LogP contribution in [0.5, 0.6) is 0 Å². The lowest BCUT2D eigenvalue weighted by atomic mass is 10.2. The van der Waals surface area contributed by atoms with Crippen LogP contribution in [-0.2, 0) is 42.9 Å². The lowest BCUT2D eigenvalue weighted by Gasteiger charge is -2.31. The van der Waals surface area contributed by atoms with Gasteiger partial charge in [0.05, 0.1) is 0 Å². The van der Waals surface area contributed by atoms with E-state index in [0.29, 0.717) is 0 Å². The van der Waals surface area contributed by atoms with E-state index in [9.17, 15) is 63.1 Å². The zero-order valence-electron chi connectivity index (χ0n) is 14.5. The first-order valence-electron chi connectivity index (χ1n) is 7.63. The van der Waals surface area contributed by atoms with Crippen molar-refractivity contribution >= 4 is 23.9 Å². The Hall–Kier alpha value is -2.54. The van der Waals surface area contributed by atoms with Gasteiger partial charge in [0.2, 0.25) is 24.6 Å². The van der Waals surface area contributed by atoms with Crippen molar-refractivity contribution in [1.82, 2.24) is 0 Å². The predicted molar refractivity (Wildman–Crippen MR) is 67.5 cm³/mol. The topological polar surface area (TPSA) is 114 Å². The number of halogens is 10. The molecule has 2 rings (SSSR count). The standard InChI is InChI=1S/C13H6F10O9/c14-2-4(8(26)29-6(2)24)31-11(18,19)10(16,17)1-28-12(20,21)13(22,23)32-5-3(15)7(25)30-9(5)27/h2-5H,1H2/t2?,3-,4?,5?/m0/s1. The number of esters is 4. The lowest BCUT2D eigenvalue weighted by Crippen LogP contribution is -2.54. The van der Waals surface area contributed by atoms with E-state index < -0.39 is 79.3 Å². The highest BCUT2D eigenvalue weighted by Gasteiger charge is 2.68. The van der Waals surface area contributed by atoms with Crippen LogP contribution in [0.15, 0.2) is 0 Å². The fraction of sp³-hybridized carbons (Fsp3) is 0.692. The quantitative estimate of drug-likeness (QED) is 0.262. The summed E-state index contributed by atoms with van der Waals surface area (Å²) in [6.45, 7) is -3.31. The number of carbonyl (C=O) groups excluding carboxylic acids is 4. The highest BCUT2D eigenvalue weighted by atomic mass is 19.3. The van der Waals surface area contributed by atoms with Crippen molar-refractivity contribution in [2.75, 3.05) is 6.61 Å². The second-order valence-electron chi connectivity index (χ2n) is 5.90. The second-order valence-corrected chi connectivity index (χ2v) is 5.90. The molecule has 2 aliphatic heterocycles. The predicted octanol–water partition coefficient (Wildman–Crippen LogP) is 1.03. The largest absolute Gasteiger partial charge is 0.449 e. The van der Waals surface area contributed by atoms with Crippen LogP contribution in [0.1, 0.15) is 0 Å². The molecule has 2 heterocycles. The average Bonchev–Trinajstić information content (AvgIpc) is 3.02. The number of hydrogen-bond acceptors (Lipinski definition) is 9. The number of ether oxygens (including phenoxy) is 5. The van der Waals surface area contributed by atoms with Crippen molar-refractivity contribution < 1.29 is 86.8 Å². The summed E-state index contributed by atoms with van der Waals surface area (Å²) < 4.78 is 150. The van der Waals surface area contributed by atoms with Crippen molar-refractivity contribution in [2.24, 2.45) is 0 Å². The molecule has 0 N–H and O–H groups in total. The van der Waals surface area contributed by atoms with Gasteiger partial charge in [-0.1, -0.05) is 0 Å². The summed E-state index contributed by atoms with van der Waals surface area (Å²) >= 11 is 0. The molecule has 0 aliphatic carbocycles. The Kier molecular flexibility index (Phi) is 6.51. The number of alkyl halides is 10. The Labute approximate surface area is 167 Å². The van der Waals surface area contributed by atoms with Crippen molar-refractivity contribution in [2.45, 2.75) is 48.8 Å². The van der Waals surface area contributed by atoms with Gasteiger partial charge in [0.15, 0.2) is 0 Å². The van der Waals surface area contributed by atoms with Gasteiger partial charge in [-0.2, -0.15) is 35.1 Å². The zero-order chi connectivity index (χ0) is 24.9. The van der Waals surface area contributed by atoms with E-state index in [4.69, 9.17) is 0 Å². The monoisotopic (exact) mass is 496 g/mol. The minimum Gasteiger partial charge on any atom is -0.389 e. The third kappa shape index (κ3) is 4.63. The molecular formula is C13H6F10O9. The van der Waals surface area contributed by atoms with Crippen LogP contribution in [-0.4, -0.2) is 79.3 Å². The third-order valence-corrected chi connectivity index (χ3v) is 3.60. The molecule has 19 heteroatoms. The summed E-state index contributed by atoms with van der Waals surface area (Å²) in [5, 5.41) is 0. The van der Waals surface area contributed by atoms with Crippen molar-refractivity contribution in [3.8, 4) is 0 Å². The third-order valence-electron chi connectivity index (χ3n) is 3.60. The Balaban J connectivity index is 2.08. The fourth-order valence-corrected chi connectivity index (χ4v) is 1.95. The molecule has 182 valence electrons. The molecule has 32 heavy (non-hydrogen) atoms. The fourth-order valence-electron chi connectivity index (χ4n) is 1.95. The van der Waals surface area contributed by atoms with Crippen LogP contribution in [0.25, 0.3) is 0 Å². The SMILES string of the molecule is O=C1OC(=O)C(OC(F)(F)C(F)(F)COC(F)(F)C(F)(F)OC2C(=O)OC(=O)[C@H]2F)C1F.